The Morgan fingerprint density at radius 2 is 1.31 bits per heavy atom. The molecule has 2 aromatic rings. The van der Waals surface area contributed by atoms with Gasteiger partial charge in [0.25, 0.3) is 0 Å². The van der Waals surface area contributed by atoms with Gasteiger partial charge < -0.3 is 28.7 Å². The monoisotopic (exact) mass is 406 g/mol. The van der Waals surface area contributed by atoms with Crippen molar-refractivity contribution >= 4 is 0 Å². The van der Waals surface area contributed by atoms with Crippen molar-refractivity contribution in [2.75, 3.05) is 54.6 Å². The second kappa shape index (κ2) is 9.80. The number of benzene rings is 2. The average Bonchev–Trinajstić information content (AvgIpc) is 2.74. The zero-order valence-electron chi connectivity index (χ0n) is 17.6. The van der Waals surface area contributed by atoms with Gasteiger partial charge in [0.1, 0.15) is 39.3 Å². The van der Waals surface area contributed by atoms with E-state index in [4.69, 9.17) is 18.9 Å². The van der Waals surface area contributed by atoms with E-state index in [0.717, 1.165) is 56.1 Å². The molecule has 0 radical (unpaired) electrons. The molecule has 0 aromatic heterocycles. The summed E-state index contributed by atoms with van der Waals surface area (Å²) in [6.45, 7) is 5.87. The van der Waals surface area contributed by atoms with Crippen LogP contribution < -0.4 is 28.7 Å². The molecule has 1 saturated heterocycles. The Labute approximate surface area is 171 Å². The van der Waals surface area contributed by atoms with Gasteiger partial charge in [0.05, 0.1) is 34.0 Å². The number of quaternary nitrogens is 2. The summed E-state index contributed by atoms with van der Waals surface area (Å²) in [6.07, 6.45) is 0. The summed E-state index contributed by atoms with van der Waals surface area (Å²) < 4.78 is 35.4. The highest BCUT2D eigenvalue weighted by molar-refractivity contribution is 5.55. The Balaban J connectivity index is 1.59. The number of methoxy groups -OCH3 is 4. The molecule has 0 spiro atoms. The molecular weight excluding hydrogens is 375 g/mol. The zero-order chi connectivity index (χ0) is 20.8. The molecule has 3 rings (SSSR count). The van der Waals surface area contributed by atoms with Crippen LogP contribution in [0.5, 0.6) is 23.0 Å². The molecule has 7 heteroatoms. The smallest absolute Gasteiger partial charge is 0.203 e. The van der Waals surface area contributed by atoms with E-state index in [1.165, 1.54) is 16.9 Å². The molecule has 2 aromatic carbocycles. The van der Waals surface area contributed by atoms with Gasteiger partial charge in [-0.3, -0.25) is 0 Å². The number of hydrogen-bond acceptors (Lipinski definition) is 4. The topological polar surface area (TPSA) is 45.8 Å². The number of hydrogen-bond donors (Lipinski definition) is 2. The fraction of sp³-hybridized carbons (Fsp3) is 0.455. The number of ether oxygens (including phenoxy) is 4. The third kappa shape index (κ3) is 4.92. The first kappa shape index (κ1) is 21.2. The van der Waals surface area contributed by atoms with Crippen molar-refractivity contribution in [3.05, 3.63) is 47.3 Å². The van der Waals surface area contributed by atoms with Gasteiger partial charge in [0.2, 0.25) is 5.75 Å². The summed E-state index contributed by atoms with van der Waals surface area (Å²) in [5.41, 5.74) is 2.11. The Bertz CT molecular complexity index is 823. The van der Waals surface area contributed by atoms with E-state index < -0.39 is 0 Å². The van der Waals surface area contributed by atoms with Gasteiger partial charge in [-0.2, -0.15) is 0 Å². The van der Waals surface area contributed by atoms with E-state index in [0.29, 0.717) is 17.2 Å². The molecule has 6 nitrogen and oxygen atoms in total. The van der Waals surface area contributed by atoms with Crippen LogP contribution in [0, 0.1) is 5.82 Å². The van der Waals surface area contributed by atoms with Gasteiger partial charge in [0, 0.05) is 5.56 Å². The summed E-state index contributed by atoms with van der Waals surface area (Å²) in [6, 6.07) is 9.21. The predicted molar refractivity (Wildman–Crippen MR) is 108 cm³/mol. The molecule has 29 heavy (non-hydrogen) atoms. The maximum absolute atomic E-state index is 13.9. The third-order valence-corrected chi connectivity index (χ3v) is 5.56. The summed E-state index contributed by atoms with van der Waals surface area (Å²) >= 11 is 0. The number of nitrogens with one attached hydrogen (secondary N) is 2. The van der Waals surface area contributed by atoms with E-state index in [2.05, 4.69) is 0 Å². The lowest BCUT2D eigenvalue weighted by Gasteiger charge is -2.30. The first-order valence-corrected chi connectivity index (χ1v) is 9.87. The first-order valence-electron chi connectivity index (χ1n) is 9.87. The lowest BCUT2D eigenvalue weighted by atomic mass is 10.1. The van der Waals surface area contributed by atoms with E-state index >= 15 is 0 Å². The van der Waals surface area contributed by atoms with Crippen LogP contribution in [-0.4, -0.2) is 54.6 Å². The molecule has 1 aliphatic rings. The highest BCUT2D eigenvalue weighted by atomic mass is 19.1. The van der Waals surface area contributed by atoms with Crippen molar-refractivity contribution < 1.29 is 33.1 Å². The molecule has 0 amide bonds. The second-order valence-electron chi connectivity index (χ2n) is 7.32. The molecule has 1 fully saturated rings. The van der Waals surface area contributed by atoms with Gasteiger partial charge in [-0.1, -0.05) is 0 Å². The second-order valence-corrected chi connectivity index (χ2v) is 7.32. The minimum atomic E-state index is -0.297. The SMILES string of the molecule is COc1ccc(C[NH+]2CC[NH+](Cc3ccc(OC)c(OC)c3OC)CC2)cc1F. The van der Waals surface area contributed by atoms with Gasteiger partial charge in [-0.25, -0.2) is 4.39 Å². The number of rotatable bonds is 8. The molecule has 2 N–H and O–H groups in total. The van der Waals surface area contributed by atoms with E-state index in [1.54, 1.807) is 33.5 Å². The summed E-state index contributed by atoms with van der Waals surface area (Å²) in [7, 11) is 6.39. The standard InChI is InChI=1S/C22H29FN2O4/c1-26-19-7-5-16(13-18(19)23)14-24-9-11-25(12-10-24)15-17-6-8-20(27-2)22(29-4)21(17)28-3/h5-8,13H,9-12,14-15H2,1-4H3/p+2. The largest absolute Gasteiger partial charge is 0.494 e. The lowest BCUT2D eigenvalue weighted by Crippen LogP contribution is -3.27. The van der Waals surface area contributed by atoms with Crippen LogP contribution in [0.1, 0.15) is 11.1 Å². The van der Waals surface area contributed by atoms with Gasteiger partial charge in [0.15, 0.2) is 23.1 Å². The van der Waals surface area contributed by atoms with Crippen molar-refractivity contribution in [3.63, 3.8) is 0 Å². The molecule has 0 atom stereocenters. The Hall–Kier alpha value is -2.51. The minimum Gasteiger partial charge on any atom is -0.494 e. The molecule has 0 saturated carbocycles. The fourth-order valence-electron chi connectivity index (χ4n) is 3.99. The fourth-order valence-corrected chi connectivity index (χ4v) is 3.99. The van der Waals surface area contributed by atoms with Crippen molar-refractivity contribution in [3.8, 4) is 23.0 Å². The Kier molecular flexibility index (Phi) is 7.17. The van der Waals surface area contributed by atoms with Gasteiger partial charge in [-0.05, 0) is 30.3 Å². The van der Waals surface area contributed by atoms with E-state index in [-0.39, 0.29) is 5.82 Å². The van der Waals surface area contributed by atoms with Crippen LogP contribution in [-0.2, 0) is 13.1 Å². The highest BCUT2D eigenvalue weighted by Gasteiger charge is 2.26. The quantitative estimate of drug-likeness (QED) is 0.664. The van der Waals surface area contributed by atoms with Crippen molar-refractivity contribution in [2.24, 2.45) is 0 Å². The highest BCUT2D eigenvalue weighted by Crippen LogP contribution is 2.39. The molecule has 1 aliphatic heterocycles. The number of piperazine rings is 1. The molecule has 0 aliphatic carbocycles. The maximum Gasteiger partial charge on any atom is 0.203 e. The molecular formula is C22H31FN2O4+2. The average molecular weight is 406 g/mol. The summed E-state index contributed by atoms with van der Waals surface area (Å²) in [5.74, 6) is 2.04. The normalized spacial score (nSPS) is 18.9. The molecule has 0 bridgehead atoms. The minimum absolute atomic E-state index is 0.293. The van der Waals surface area contributed by atoms with Crippen LogP contribution in [0.4, 0.5) is 4.39 Å². The summed E-state index contributed by atoms with van der Waals surface area (Å²) in [4.78, 5) is 2.97. The van der Waals surface area contributed by atoms with Gasteiger partial charge in [-0.15, -0.1) is 0 Å². The molecule has 158 valence electrons. The molecule has 1 heterocycles. The first-order chi connectivity index (χ1) is 14.1. The van der Waals surface area contributed by atoms with Crippen LogP contribution in [0.15, 0.2) is 30.3 Å². The Morgan fingerprint density at radius 1 is 0.724 bits per heavy atom. The van der Waals surface area contributed by atoms with Crippen molar-refractivity contribution in [2.45, 2.75) is 13.1 Å². The Morgan fingerprint density at radius 3 is 1.86 bits per heavy atom. The maximum atomic E-state index is 13.9. The van der Waals surface area contributed by atoms with E-state index in [9.17, 15) is 4.39 Å². The summed E-state index contributed by atoms with van der Waals surface area (Å²) in [5, 5.41) is 0. The lowest BCUT2D eigenvalue weighted by molar-refractivity contribution is -1.02. The third-order valence-electron chi connectivity index (χ3n) is 5.56. The van der Waals surface area contributed by atoms with Crippen LogP contribution in [0.3, 0.4) is 0 Å². The molecule has 0 unspecified atom stereocenters. The van der Waals surface area contributed by atoms with Crippen LogP contribution in [0.25, 0.3) is 0 Å². The van der Waals surface area contributed by atoms with Gasteiger partial charge >= 0.3 is 0 Å². The number of halogens is 1. The van der Waals surface area contributed by atoms with Crippen molar-refractivity contribution in [1.82, 2.24) is 0 Å². The van der Waals surface area contributed by atoms with Crippen molar-refractivity contribution in [1.29, 1.82) is 0 Å². The predicted octanol–water partition coefficient (Wildman–Crippen LogP) is 0.344. The van der Waals surface area contributed by atoms with Crippen LogP contribution in [0.2, 0.25) is 0 Å². The van der Waals surface area contributed by atoms with E-state index in [1.807, 2.05) is 18.2 Å². The zero-order valence-corrected chi connectivity index (χ0v) is 17.6. The van der Waals surface area contributed by atoms with Crippen LogP contribution >= 0.6 is 0 Å².